The zero-order valence-corrected chi connectivity index (χ0v) is 14.9. The van der Waals surface area contributed by atoms with Crippen molar-refractivity contribution < 1.29 is 5.11 Å². The minimum Gasteiger partial charge on any atom is -0.376 e. The number of aliphatic hydroxyl groups is 1. The summed E-state index contributed by atoms with van der Waals surface area (Å²) in [6.07, 6.45) is 8.10. The molecule has 0 aliphatic carbocycles. The normalized spacial score (nSPS) is 26.8. The van der Waals surface area contributed by atoms with Crippen LogP contribution in [0.2, 0.25) is 0 Å². The first-order valence-corrected chi connectivity index (χ1v) is 9.17. The standard InChI is InChI=1S/C22H23N3O/c1-2-4-20-17(6-7-21(24-20)18-5-3-12-23-15-18)8-11-22(26)16-25-13-9-19(22)10-14-25/h2-3,5-7,12,15,19,26H,1,4,9-10,13-14,16H2. The van der Waals surface area contributed by atoms with Gasteiger partial charge in [0, 0.05) is 42.4 Å². The molecule has 5 heterocycles. The number of fused-ring (bicyclic) bond motifs is 3. The number of aromatic nitrogens is 2. The molecule has 132 valence electrons. The fourth-order valence-electron chi connectivity index (χ4n) is 3.94. The Bertz CT molecular complexity index is 860. The summed E-state index contributed by atoms with van der Waals surface area (Å²) in [7, 11) is 0. The van der Waals surface area contributed by atoms with E-state index in [1.807, 2.05) is 30.3 Å². The molecule has 2 aromatic rings. The zero-order valence-electron chi connectivity index (χ0n) is 14.9. The van der Waals surface area contributed by atoms with Gasteiger partial charge in [-0.2, -0.15) is 0 Å². The van der Waals surface area contributed by atoms with E-state index < -0.39 is 5.60 Å². The van der Waals surface area contributed by atoms with Gasteiger partial charge in [0.15, 0.2) is 0 Å². The van der Waals surface area contributed by atoms with Crippen molar-refractivity contribution in [2.24, 2.45) is 5.92 Å². The van der Waals surface area contributed by atoms with Crippen molar-refractivity contribution in [3.8, 4) is 23.1 Å². The largest absolute Gasteiger partial charge is 0.376 e. The maximum absolute atomic E-state index is 11.0. The molecule has 2 bridgehead atoms. The summed E-state index contributed by atoms with van der Waals surface area (Å²) in [6.45, 7) is 6.66. The number of pyridine rings is 2. The molecule has 3 aliphatic rings. The SMILES string of the molecule is C=CCc1nc(-c2cccnc2)ccc1C#CC1(O)CN2CCC1CC2. The molecule has 3 fully saturated rings. The number of piperidine rings is 3. The van der Waals surface area contributed by atoms with Crippen molar-refractivity contribution in [2.75, 3.05) is 19.6 Å². The quantitative estimate of drug-likeness (QED) is 0.686. The highest BCUT2D eigenvalue weighted by molar-refractivity contribution is 5.59. The second kappa shape index (κ2) is 7.03. The first-order valence-electron chi connectivity index (χ1n) is 9.17. The summed E-state index contributed by atoms with van der Waals surface area (Å²) in [6, 6.07) is 7.86. The van der Waals surface area contributed by atoms with Crippen molar-refractivity contribution >= 4 is 0 Å². The van der Waals surface area contributed by atoms with Crippen LogP contribution >= 0.6 is 0 Å². The molecule has 26 heavy (non-hydrogen) atoms. The van der Waals surface area contributed by atoms with E-state index in [0.717, 1.165) is 48.4 Å². The lowest BCUT2D eigenvalue weighted by Gasteiger charge is -2.47. The molecular weight excluding hydrogens is 322 g/mol. The summed E-state index contributed by atoms with van der Waals surface area (Å²) < 4.78 is 0. The lowest BCUT2D eigenvalue weighted by atomic mass is 9.75. The monoisotopic (exact) mass is 345 g/mol. The van der Waals surface area contributed by atoms with Gasteiger partial charge in [0.2, 0.25) is 0 Å². The highest BCUT2D eigenvalue weighted by Crippen LogP contribution is 2.35. The third-order valence-electron chi connectivity index (χ3n) is 5.41. The number of hydrogen-bond donors (Lipinski definition) is 1. The van der Waals surface area contributed by atoms with E-state index in [2.05, 4.69) is 28.3 Å². The molecule has 5 rings (SSSR count). The van der Waals surface area contributed by atoms with Gasteiger partial charge in [0.05, 0.1) is 11.4 Å². The first-order chi connectivity index (χ1) is 12.7. The van der Waals surface area contributed by atoms with E-state index in [1.165, 1.54) is 0 Å². The van der Waals surface area contributed by atoms with Gasteiger partial charge < -0.3 is 5.11 Å². The summed E-state index contributed by atoms with van der Waals surface area (Å²) in [5.41, 5.74) is 2.71. The summed E-state index contributed by atoms with van der Waals surface area (Å²) >= 11 is 0. The Labute approximate surface area is 154 Å². The number of hydrogen-bond acceptors (Lipinski definition) is 4. The number of allylic oxidation sites excluding steroid dienone is 1. The summed E-state index contributed by atoms with van der Waals surface area (Å²) in [5.74, 6) is 6.68. The zero-order chi connectivity index (χ0) is 18.0. The molecule has 4 heteroatoms. The smallest absolute Gasteiger partial charge is 0.141 e. The molecule has 1 N–H and O–H groups in total. The van der Waals surface area contributed by atoms with Crippen LogP contribution in [0.25, 0.3) is 11.3 Å². The molecule has 0 amide bonds. The summed E-state index contributed by atoms with van der Waals surface area (Å²) in [4.78, 5) is 11.2. The lowest BCUT2D eigenvalue weighted by Crippen LogP contribution is -2.58. The third kappa shape index (κ3) is 3.29. The van der Waals surface area contributed by atoms with Crippen LogP contribution in [-0.4, -0.2) is 45.2 Å². The molecule has 1 atom stereocenters. The number of nitrogens with zero attached hydrogens (tertiary/aromatic N) is 3. The third-order valence-corrected chi connectivity index (χ3v) is 5.41. The minimum atomic E-state index is -0.899. The Morgan fingerprint density at radius 3 is 2.81 bits per heavy atom. The molecule has 0 aromatic carbocycles. The van der Waals surface area contributed by atoms with Crippen LogP contribution in [0.1, 0.15) is 24.1 Å². The van der Waals surface area contributed by atoms with E-state index in [9.17, 15) is 5.11 Å². The Balaban J connectivity index is 1.66. The second-order valence-corrected chi connectivity index (χ2v) is 7.15. The highest BCUT2D eigenvalue weighted by Gasteiger charge is 2.44. The van der Waals surface area contributed by atoms with Gasteiger partial charge in [0.1, 0.15) is 5.60 Å². The van der Waals surface area contributed by atoms with Crippen molar-refractivity contribution in [1.29, 1.82) is 0 Å². The van der Waals surface area contributed by atoms with Gasteiger partial charge in [-0.15, -0.1) is 6.58 Å². The van der Waals surface area contributed by atoms with Crippen molar-refractivity contribution in [3.05, 3.63) is 60.6 Å². The van der Waals surface area contributed by atoms with E-state index >= 15 is 0 Å². The van der Waals surface area contributed by atoms with Gasteiger partial charge >= 0.3 is 0 Å². The van der Waals surface area contributed by atoms with Crippen LogP contribution in [0.5, 0.6) is 0 Å². The number of rotatable bonds is 3. The van der Waals surface area contributed by atoms with Crippen molar-refractivity contribution in [1.82, 2.24) is 14.9 Å². The van der Waals surface area contributed by atoms with Crippen LogP contribution in [0, 0.1) is 17.8 Å². The fraction of sp³-hybridized carbons (Fsp3) is 0.364. The molecule has 2 aromatic heterocycles. The minimum absolute atomic E-state index is 0.283. The summed E-state index contributed by atoms with van der Waals surface area (Å²) in [5, 5.41) is 11.0. The van der Waals surface area contributed by atoms with Gasteiger partial charge in [-0.25, -0.2) is 0 Å². The van der Waals surface area contributed by atoms with E-state index in [-0.39, 0.29) is 5.92 Å². The van der Waals surface area contributed by atoms with E-state index in [1.54, 1.807) is 12.4 Å². The molecule has 3 saturated heterocycles. The second-order valence-electron chi connectivity index (χ2n) is 7.15. The van der Waals surface area contributed by atoms with Crippen LogP contribution in [0.15, 0.2) is 49.3 Å². The van der Waals surface area contributed by atoms with Gasteiger partial charge in [0.25, 0.3) is 0 Å². The van der Waals surface area contributed by atoms with Gasteiger partial charge in [-0.3, -0.25) is 14.9 Å². The molecule has 4 nitrogen and oxygen atoms in total. The van der Waals surface area contributed by atoms with Crippen LogP contribution in [-0.2, 0) is 6.42 Å². The Morgan fingerprint density at radius 1 is 1.31 bits per heavy atom. The Morgan fingerprint density at radius 2 is 2.15 bits per heavy atom. The van der Waals surface area contributed by atoms with Crippen molar-refractivity contribution in [2.45, 2.75) is 24.9 Å². The highest BCUT2D eigenvalue weighted by atomic mass is 16.3. The van der Waals surface area contributed by atoms with Crippen LogP contribution in [0.3, 0.4) is 0 Å². The lowest BCUT2D eigenvalue weighted by molar-refractivity contribution is -0.0713. The molecular formula is C22H23N3O. The van der Waals surface area contributed by atoms with Gasteiger partial charge in [-0.05, 0) is 50.2 Å². The molecule has 0 saturated carbocycles. The predicted octanol–water partition coefficient (Wildman–Crippen LogP) is 2.68. The average molecular weight is 345 g/mol. The van der Waals surface area contributed by atoms with Crippen LogP contribution < -0.4 is 0 Å². The fourth-order valence-corrected chi connectivity index (χ4v) is 3.94. The topological polar surface area (TPSA) is 49.3 Å². The predicted molar refractivity (Wildman–Crippen MR) is 102 cm³/mol. The average Bonchev–Trinajstić information content (AvgIpc) is 2.69. The molecule has 0 radical (unpaired) electrons. The van der Waals surface area contributed by atoms with Crippen LogP contribution in [0.4, 0.5) is 0 Å². The maximum atomic E-state index is 11.0. The molecule has 1 unspecified atom stereocenters. The van der Waals surface area contributed by atoms with E-state index in [0.29, 0.717) is 13.0 Å². The molecule has 0 spiro atoms. The Kier molecular flexibility index (Phi) is 4.58. The van der Waals surface area contributed by atoms with Gasteiger partial charge in [-0.1, -0.05) is 17.9 Å². The van der Waals surface area contributed by atoms with Crippen molar-refractivity contribution in [3.63, 3.8) is 0 Å². The maximum Gasteiger partial charge on any atom is 0.141 e. The first kappa shape index (κ1) is 17.0. The molecule has 3 aliphatic heterocycles. The Hall–Kier alpha value is -2.48. The van der Waals surface area contributed by atoms with E-state index in [4.69, 9.17) is 4.98 Å².